The highest BCUT2D eigenvalue weighted by molar-refractivity contribution is 5.79. The Bertz CT molecular complexity index is 530. The van der Waals surface area contributed by atoms with Crippen LogP contribution >= 0.6 is 0 Å². The first-order chi connectivity index (χ1) is 10.3. The third-order valence-corrected chi connectivity index (χ3v) is 4.23. The molecular weight excluding hydrogens is 293 g/mol. The van der Waals surface area contributed by atoms with E-state index in [1.807, 2.05) is 0 Å². The molecule has 2 N–H and O–H groups in total. The Labute approximate surface area is 128 Å². The average Bonchev–Trinajstić information content (AvgIpc) is 2.46. The van der Waals surface area contributed by atoms with E-state index < -0.39 is 11.7 Å². The molecule has 1 aromatic carbocycles. The first-order valence-electron chi connectivity index (χ1n) is 7.47. The summed E-state index contributed by atoms with van der Waals surface area (Å²) in [6.45, 7) is 3.01. The number of alkyl halides is 3. The molecule has 22 heavy (non-hydrogen) atoms. The van der Waals surface area contributed by atoms with Gasteiger partial charge in [0.05, 0.1) is 12.0 Å². The van der Waals surface area contributed by atoms with Crippen molar-refractivity contribution in [3.05, 3.63) is 35.4 Å². The number of benzene rings is 1. The molecule has 1 aromatic rings. The lowest BCUT2D eigenvalue weighted by Crippen LogP contribution is -2.49. The summed E-state index contributed by atoms with van der Waals surface area (Å²) in [4.78, 5) is 14.1. The molecule has 0 saturated carbocycles. The monoisotopic (exact) mass is 314 g/mol. The van der Waals surface area contributed by atoms with Crippen molar-refractivity contribution in [3.63, 3.8) is 0 Å². The minimum atomic E-state index is -4.44. The van der Waals surface area contributed by atoms with E-state index in [0.29, 0.717) is 19.0 Å². The molecule has 1 aliphatic heterocycles. The lowest BCUT2D eigenvalue weighted by atomic mass is 9.91. The zero-order chi connectivity index (χ0) is 16.3. The molecule has 0 spiro atoms. The van der Waals surface area contributed by atoms with E-state index in [1.54, 1.807) is 4.90 Å². The fourth-order valence-corrected chi connectivity index (χ4v) is 3.02. The van der Waals surface area contributed by atoms with Crippen LogP contribution < -0.4 is 5.73 Å². The number of hydrogen-bond acceptors (Lipinski definition) is 2. The maximum absolute atomic E-state index is 13.0. The van der Waals surface area contributed by atoms with Crippen molar-refractivity contribution < 1.29 is 18.0 Å². The van der Waals surface area contributed by atoms with Gasteiger partial charge in [0.2, 0.25) is 5.91 Å². The average molecular weight is 314 g/mol. The molecule has 1 fully saturated rings. The van der Waals surface area contributed by atoms with Crippen molar-refractivity contribution in [1.82, 2.24) is 4.90 Å². The minimum absolute atomic E-state index is 0.0226. The number of piperidine rings is 1. The Balaban J connectivity index is 2.15. The third kappa shape index (κ3) is 3.80. The van der Waals surface area contributed by atoms with Gasteiger partial charge in [-0.25, -0.2) is 0 Å². The molecule has 2 unspecified atom stereocenters. The molecule has 2 atom stereocenters. The van der Waals surface area contributed by atoms with Gasteiger partial charge >= 0.3 is 6.18 Å². The van der Waals surface area contributed by atoms with Crippen LogP contribution in [0, 0.1) is 5.92 Å². The highest BCUT2D eigenvalue weighted by atomic mass is 19.4. The van der Waals surface area contributed by atoms with Crippen LogP contribution in [-0.4, -0.2) is 29.9 Å². The number of amides is 1. The summed E-state index contributed by atoms with van der Waals surface area (Å²) in [5.74, 6) is 0.208. The fraction of sp³-hybridized carbons (Fsp3) is 0.562. The van der Waals surface area contributed by atoms with Crippen LogP contribution in [0.2, 0.25) is 0 Å². The van der Waals surface area contributed by atoms with Gasteiger partial charge in [-0.3, -0.25) is 4.79 Å². The SMILES string of the molecule is CC1CCN(C(=O)Cc2ccccc2C(F)(F)F)C(CN)C1. The second-order valence-corrected chi connectivity index (χ2v) is 5.94. The van der Waals surface area contributed by atoms with Crippen LogP contribution in [0.5, 0.6) is 0 Å². The van der Waals surface area contributed by atoms with Gasteiger partial charge < -0.3 is 10.6 Å². The lowest BCUT2D eigenvalue weighted by Gasteiger charge is -2.38. The topological polar surface area (TPSA) is 46.3 Å². The molecule has 1 heterocycles. The second kappa shape index (κ2) is 6.69. The van der Waals surface area contributed by atoms with Gasteiger partial charge in [-0.05, 0) is 30.4 Å². The largest absolute Gasteiger partial charge is 0.416 e. The number of hydrogen-bond donors (Lipinski definition) is 1. The zero-order valence-electron chi connectivity index (χ0n) is 12.6. The van der Waals surface area contributed by atoms with E-state index in [4.69, 9.17) is 5.73 Å². The summed E-state index contributed by atoms with van der Waals surface area (Å²) < 4.78 is 39.0. The van der Waals surface area contributed by atoms with E-state index in [2.05, 4.69) is 6.92 Å². The normalized spacial score (nSPS) is 22.7. The number of likely N-dealkylation sites (tertiary alicyclic amines) is 1. The summed E-state index contributed by atoms with van der Waals surface area (Å²) in [6.07, 6.45) is -3.01. The quantitative estimate of drug-likeness (QED) is 0.932. The Kier molecular flexibility index (Phi) is 5.11. The van der Waals surface area contributed by atoms with Crippen molar-refractivity contribution in [3.8, 4) is 0 Å². The fourth-order valence-electron chi connectivity index (χ4n) is 3.02. The molecule has 1 amide bonds. The van der Waals surface area contributed by atoms with Crippen molar-refractivity contribution in [2.45, 2.75) is 38.4 Å². The van der Waals surface area contributed by atoms with Crippen LogP contribution in [0.15, 0.2) is 24.3 Å². The summed E-state index contributed by atoms with van der Waals surface area (Å²) in [6, 6.07) is 5.17. The van der Waals surface area contributed by atoms with Crippen LogP contribution in [-0.2, 0) is 17.4 Å². The first kappa shape index (κ1) is 16.8. The number of halogens is 3. The number of carbonyl (C=O) groups is 1. The minimum Gasteiger partial charge on any atom is -0.338 e. The van der Waals surface area contributed by atoms with Gasteiger partial charge in [0.15, 0.2) is 0 Å². The van der Waals surface area contributed by atoms with Crippen molar-refractivity contribution in [2.75, 3.05) is 13.1 Å². The highest BCUT2D eigenvalue weighted by Gasteiger charge is 2.35. The summed E-state index contributed by atoms with van der Waals surface area (Å²) in [5, 5.41) is 0. The van der Waals surface area contributed by atoms with E-state index in [-0.39, 0.29) is 23.9 Å². The Morgan fingerprint density at radius 2 is 2.05 bits per heavy atom. The molecule has 2 rings (SSSR count). The second-order valence-electron chi connectivity index (χ2n) is 5.94. The van der Waals surface area contributed by atoms with Crippen LogP contribution in [0.4, 0.5) is 13.2 Å². The van der Waals surface area contributed by atoms with Crippen molar-refractivity contribution >= 4 is 5.91 Å². The molecular formula is C16H21F3N2O. The predicted octanol–water partition coefficient (Wildman–Crippen LogP) is 2.83. The van der Waals surface area contributed by atoms with Gasteiger partial charge in [0.25, 0.3) is 0 Å². The molecule has 1 aliphatic rings. The third-order valence-electron chi connectivity index (χ3n) is 4.23. The van der Waals surface area contributed by atoms with Crippen LogP contribution in [0.3, 0.4) is 0 Å². The molecule has 0 radical (unpaired) electrons. The lowest BCUT2D eigenvalue weighted by molar-refractivity contribution is -0.139. The maximum atomic E-state index is 13.0. The number of nitrogens with two attached hydrogens (primary N) is 1. The van der Waals surface area contributed by atoms with Crippen molar-refractivity contribution in [1.29, 1.82) is 0 Å². The van der Waals surface area contributed by atoms with E-state index in [0.717, 1.165) is 18.9 Å². The Hall–Kier alpha value is -1.56. The zero-order valence-corrected chi connectivity index (χ0v) is 12.6. The van der Waals surface area contributed by atoms with E-state index in [1.165, 1.54) is 18.2 Å². The molecule has 0 bridgehead atoms. The number of rotatable bonds is 3. The summed E-state index contributed by atoms with van der Waals surface area (Å²) >= 11 is 0. The van der Waals surface area contributed by atoms with Crippen LogP contribution in [0.1, 0.15) is 30.9 Å². The smallest absolute Gasteiger partial charge is 0.338 e. The molecule has 6 heteroatoms. The molecule has 1 saturated heterocycles. The molecule has 122 valence electrons. The van der Waals surface area contributed by atoms with E-state index in [9.17, 15) is 18.0 Å². The van der Waals surface area contributed by atoms with Gasteiger partial charge in [0, 0.05) is 19.1 Å². The predicted molar refractivity (Wildman–Crippen MR) is 78.1 cm³/mol. The maximum Gasteiger partial charge on any atom is 0.416 e. The standard InChI is InChI=1S/C16H21F3N2O/c1-11-6-7-21(13(8-11)10-20)15(22)9-12-4-2-3-5-14(12)16(17,18)19/h2-5,11,13H,6-10,20H2,1H3. The molecule has 0 aliphatic carbocycles. The molecule has 0 aromatic heterocycles. The van der Waals surface area contributed by atoms with Gasteiger partial charge in [0.1, 0.15) is 0 Å². The highest BCUT2D eigenvalue weighted by Crippen LogP contribution is 2.32. The number of carbonyl (C=O) groups excluding carboxylic acids is 1. The Morgan fingerprint density at radius 3 is 2.68 bits per heavy atom. The van der Waals surface area contributed by atoms with Crippen molar-refractivity contribution in [2.24, 2.45) is 11.7 Å². The van der Waals surface area contributed by atoms with Crippen LogP contribution in [0.25, 0.3) is 0 Å². The van der Waals surface area contributed by atoms with Gasteiger partial charge in [-0.15, -0.1) is 0 Å². The van der Waals surface area contributed by atoms with E-state index >= 15 is 0 Å². The Morgan fingerprint density at radius 1 is 1.36 bits per heavy atom. The first-order valence-corrected chi connectivity index (χ1v) is 7.47. The van der Waals surface area contributed by atoms with Gasteiger partial charge in [-0.2, -0.15) is 13.2 Å². The number of nitrogens with zero attached hydrogens (tertiary/aromatic N) is 1. The summed E-state index contributed by atoms with van der Waals surface area (Å²) in [5.41, 5.74) is 5.00. The van der Waals surface area contributed by atoms with Gasteiger partial charge in [-0.1, -0.05) is 25.1 Å². The molecule has 3 nitrogen and oxygen atoms in total. The summed E-state index contributed by atoms with van der Waals surface area (Å²) in [7, 11) is 0.